The Labute approximate surface area is 98.1 Å². The first-order valence-electron chi connectivity index (χ1n) is 6.43. The lowest BCUT2D eigenvalue weighted by Crippen LogP contribution is -2.52. The fraction of sp³-hybridized carbons (Fsp3) is 1.00. The van der Waals surface area contributed by atoms with Crippen LogP contribution in [0.4, 0.5) is 0 Å². The molecule has 94 valence electrons. The summed E-state index contributed by atoms with van der Waals surface area (Å²) < 4.78 is 11.1. The third-order valence-corrected chi connectivity index (χ3v) is 3.73. The molecule has 2 aliphatic heterocycles. The van der Waals surface area contributed by atoms with E-state index in [0.29, 0.717) is 12.6 Å². The summed E-state index contributed by atoms with van der Waals surface area (Å²) in [6.45, 7) is 7.75. The molecule has 4 nitrogen and oxygen atoms in total. The van der Waals surface area contributed by atoms with Crippen molar-refractivity contribution < 1.29 is 9.47 Å². The lowest BCUT2D eigenvalue weighted by molar-refractivity contribution is -0.0637. The molecule has 2 N–H and O–H groups in total. The Bertz CT molecular complexity index is 207. The van der Waals surface area contributed by atoms with E-state index in [1.807, 2.05) is 0 Å². The van der Waals surface area contributed by atoms with Crippen LogP contribution in [0.3, 0.4) is 0 Å². The number of hydrogen-bond acceptors (Lipinski definition) is 4. The van der Waals surface area contributed by atoms with E-state index in [-0.39, 0.29) is 6.10 Å². The fourth-order valence-electron chi connectivity index (χ4n) is 2.53. The maximum atomic E-state index is 5.67. The second-order valence-electron chi connectivity index (χ2n) is 5.05. The van der Waals surface area contributed by atoms with Gasteiger partial charge >= 0.3 is 0 Å². The van der Waals surface area contributed by atoms with Crippen LogP contribution in [0.15, 0.2) is 0 Å². The minimum Gasteiger partial charge on any atom is -0.381 e. The molecule has 2 heterocycles. The average Bonchev–Trinajstić information content (AvgIpc) is 2.33. The second kappa shape index (κ2) is 5.96. The molecular formula is C12H24N2O2. The van der Waals surface area contributed by atoms with Crippen molar-refractivity contribution >= 4 is 0 Å². The van der Waals surface area contributed by atoms with Crippen LogP contribution in [0.1, 0.15) is 19.8 Å². The molecule has 0 aliphatic carbocycles. The van der Waals surface area contributed by atoms with Gasteiger partial charge in [0.1, 0.15) is 0 Å². The van der Waals surface area contributed by atoms with Crippen molar-refractivity contribution in [1.29, 1.82) is 0 Å². The zero-order valence-corrected chi connectivity index (χ0v) is 10.2. The molecule has 16 heavy (non-hydrogen) atoms. The van der Waals surface area contributed by atoms with Crippen molar-refractivity contribution in [3.05, 3.63) is 0 Å². The molecule has 4 heteroatoms. The number of ether oxygens (including phenoxy) is 2. The van der Waals surface area contributed by atoms with Gasteiger partial charge in [-0.05, 0) is 25.7 Å². The topological polar surface area (TPSA) is 47.7 Å². The third-order valence-electron chi connectivity index (χ3n) is 3.73. The minimum absolute atomic E-state index is 0.232. The van der Waals surface area contributed by atoms with Crippen molar-refractivity contribution in [3.63, 3.8) is 0 Å². The third kappa shape index (κ3) is 3.17. The lowest BCUT2D eigenvalue weighted by Gasteiger charge is -2.40. The Kier molecular flexibility index (Phi) is 4.58. The summed E-state index contributed by atoms with van der Waals surface area (Å²) in [6.07, 6.45) is 2.64. The first-order chi connectivity index (χ1) is 7.79. The van der Waals surface area contributed by atoms with Crippen LogP contribution in [0.2, 0.25) is 0 Å². The van der Waals surface area contributed by atoms with E-state index in [9.17, 15) is 0 Å². The zero-order valence-electron chi connectivity index (χ0n) is 10.2. The highest BCUT2D eigenvalue weighted by Crippen LogP contribution is 2.19. The fourth-order valence-corrected chi connectivity index (χ4v) is 2.53. The molecule has 2 aliphatic rings. The summed E-state index contributed by atoms with van der Waals surface area (Å²) in [7, 11) is 0. The molecule has 0 aromatic heterocycles. The van der Waals surface area contributed by atoms with Gasteiger partial charge in [0, 0.05) is 38.9 Å². The smallest absolute Gasteiger partial charge is 0.0824 e. The van der Waals surface area contributed by atoms with Crippen LogP contribution in [0.5, 0.6) is 0 Å². The van der Waals surface area contributed by atoms with Crippen LogP contribution in [-0.2, 0) is 9.47 Å². The predicted octanol–water partition coefficient (Wildman–Crippen LogP) is 0.461. The molecule has 0 amide bonds. The number of nitrogens with two attached hydrogens (primary N) is 1. The van der Waals surface area contributed by atoms with Crippen LogP contribution in [-0.4, -0.2) is 56.5 Å². The normalized spacial score (nSPS) is 34.1. The van der Waals surface area contributed by atoms with Gasteiger partial charge in [-0.2, -0.15) is 0 Å². The standard InChI is InChI=1S/C12H24N2O2/c1-10-9-16-12(6-13)8-14(10)7-11-2-4-15-5-3-11/h10-12H,2-9,13H2,1H3. The first kappa shape index (κ1) is 12.3. The van der Waals surface area contributed by atoms with Gasteiger partial charge in [-0.1, -0.05) is 0 Å². The van der Waals surface area contributed by atoms with E-state index < -0.39 is 0 Å². The van der Waals surface area contributed by atoms with Crippen LogP contribution < -0.4 is 5.73 Å². The van der Waals surface area contributed by atoms with Gasteiger partial charge in [-0.25, -0.2) is 0 Å². The predicted molar refractivity (Wildman–Crippen MR) is 63.4 cm³/mol. The second-order valence-corrected chi connectivity index (χ2v) is 5.05. The molecule has 2 unspecified atom stereocenters. The van der Waals surface area contributed by atoms with E-state index in [1.165, 1.54) is 19.4 Å². The number of morpholine rings is 1. The van der Waals surface area contributed by atoms with Gasteiger partial charge in [-0.3, -0.25) is 4.90 Å². The van der Waals surface area contributed by atoms with Gasteiger partial charge < -0.3 is 15.2 Å². The molecule has 2 saturated heterocycles. The number of rotatable bonds is 3. The Hall–Kier alpha value is -0.160. The van der Waals surface area contributed by atoms with Crippen molar-refractivity contribution in [3.8, 4) is 0 Å². The summed E-state index contributed by atoms with van der Waals surface area (Å²) in [5.74, 6) is 0.799. The van der Waals surface area contributed by atoms with Gasteiger partial charge in [0.15, 0.2) is 0 Å². The molecular weight excluding hydrogens is 204 g/mol. The van der Waals surface area contributed by atoms with Crippen LogP contribution in [0, 0.1) is 5.92 Å². The largest absolute Gasteiger partial charge is 0.381 e. The first-order valence-corrected chi connectivity index (χ1v) is 6.43. The Morgan fingerprint density at radius 3 is 2.75 bits per heavy atom. The summed E-state index contributed by atoms with van der Waals surface area (Å²) in [6, 6.07) is 0.533. The Balaban J connectivity index is 1.81. The van der Waals surface area contributed by atoms with Crippen LogP contribution >= 0.6 is 0 Å². The van der Waals surface area contributed by atoms with Crippen LogP contribution in [0.25, 0.3) is 0 Å². The van der Waals surface area contributed by atoms with Gasteiger partial charge in [0.25, 0.3) is 0 Å². The molecule has 0 spiro atoms. The number of nitrogens with zero attached hydrogens (tertiary/aromatic N) is 1. The lowest BCUT2D eigenvalue weighted by atomic mass is 9.98. The van der Waals surface area contributed by atoms with Crippen molar-refractivity contribution in [2.75, 3.05) is 39.5 Å². The molecule has 0 bridgehead atoms. The van der Waals surface area contributed by atoms with E-state index in [4.69, 9.17) is 15.2 Å². The molecule has 0 aromatic carbocycles. The summed E-state index contributed by atoms with van der Waals surface area (Å²) in [5.41, 5.74) is 5.67. The molecule has 0 aromatic rings. The highest BCUT2D eigenvalue weighted by molar-refractivity contribution is 4.80. The summed E-state index contributed by atoms with van der Waals surface area (Å²) in [4.78, 5) is 2.54. The molecule has 0 radical (unpaired) electrons. The van der Waals surface area contributed by atoms with E-state index in [0.717, 1.165) is 32.3 Å². The van der Waals surface area contributed by atoms with Crippen molar-refractivity contribution in [1.82, 2.24) is 4.90 Å². The number of hydrogen-bond donors (Lipinski definition) is 1. The molecule has 2 rings (SSSR count). The van der Waals surface area contributed by atoms with Crippen molar-refractivity contribution in [2.24, 2.45) is 11.7 Å². The highest BCUT2D eigenvalue weighted by Gasteiger charge is 2.27. The van der Waals surface area contributed by atoms with Gasteiger partial charge in [-0.15, -0.1) is 0 Å². The summed E-state index contributed by atoms with van der Waals surface area (Å²) in [5, 5.41) is 0. The quantitative estimate of drug-likeness (QED) is 0.762. The van der Waals surface area contributed by atoms with E-state index >= 15 is 0 Å². The Morgan fingerprint density at radius 1 is 1.31 bits per heavy atom. The van der Waals surface area contributed by atoms with Gasteiger partial charge in [0.2, 0.25) is 0 Å². The zero-order chi connectivity index (χ0) is 11.4. The van der Waals surface area contributed by atoms with Gasteiger partial charge in [0.05, 0.1) is 12.7 Å². The van der Waals surface area contributed by atoms with E-state index in [2.05, 4.69) is 11.8 Å². The summed E-state index contributed by atoms with van der Waals surface area (Å²) >= 11 is 0. The maximum Gasteiger partial charge on any atom is 0.0824 e. The monoisotopic (exact) mass is 228 g/mol. The average molecular weight is 228 g/mol. The minimum atomic E-state index is 0.232. The van der Waals surface area contributed by atoms with Crippen molar-refractivity contribution in [2.45, 2.75) is 31.9 Å². The SMILES string of the molecule is CC1COC(CN)CN1CC1CCOCC1. The molecule has 2 fully saturated rings. The Morgan fingerprint density at radius 2 is 2.06 bits per heavy atom. The molecule has 0 saturated carbocycles. The van der Waals surface area contributed by atoms with E-state index in [1.54, 1.807) is 0 Å². The highest BCUT2D eigenvalue weighted by atomic mass is 16.5. The maximum absolute atomic E-state index is 5.67. The molecule has 2 atom stereocenters.